The summed E-state index contributed by atoms with van der Waals surface area (Å²) in [6, 6.07) is 7.06. The molecular weight excluding hydrogens is 726 g/mol. The minimum atomic E-state index is -0.777. The largest absolute Gasteiger partial charge is 0.453 e. The Morgan fingerprint density at radius 3 is 1.98 bits per heavy atom. The Labute approximate surface area is 322 Å². The van der Waals surface area contributed by atoms with E-state index in [1.54, 1.807) is 29.2 Å². The number of aromatic amines is 2. The van der Waals surface area contributed by atoms with Gasteiger partial charge in [-0.3, -0.25) is 9.59 Å². The monoisotopic (exact) mass is 772 g/mol. The number of hydrogen-bond donors (Lipinski definition) is 5. The maximum atomic E-state index is 15.7. The summed E-state index contributed by atoms with van der Waals surface area (Å²) in [5, 5.41) is 8.66. The summed E-state index contributed by atoms with van der Waals surface area (Å²) in [6.45, 7) is 4.76. The van der Waals surface area contributed by atoms with E-state index in [0.717, 1.165) is 19.3 Å². The van der Waals surface area contributed by atoms with Crippen molar-refractivity contribution in [3.05, 3.63) is 72.1 Å². The van der Waals surface area contributed by atoms with E-state index in [1.165, 1.54) is 38.7 Å². The second-order valence-corrected chi connectivity index (χ2v) is 15.0. The van der Waals surface area contributed by atoms with Crippen LogP contribution >= 0.6 is 0 Å². The topological polar surface area (TPSA) is 183 Å². The molecule has 2 saturated heterocycles. The number of H-pyrrole nitrogens is 2. The molecule has 3 fully saturated rings. The summed E-state index contributed by atoms with van der Waals surface area (Å²) in [7, 11) is 2.51. The Bertz CT molecular complexity index is 1970. The van der Waals surface area contributed by atoms with Crippen molar-refractivity contribution in [2.45, 2.75) is 70.1 Å². The molecule has 1 aliphatic carbocycles. The molecule has 0 bridgehead atoms. The number of rotatable bonds is 12. The number of alkyl carbamates (subject to hydrolysis) is 2. The van der Waals surface area contributed by atoms with Crippen LogP contribution in [-0.4, -0.2) is 88.1 Å². The quantitative estimate of drug-likeness (QED) is 0.119. The number of imidazole rings is 2. The number of likely N-dealkylation sites (tertiary alicyclic amines) is 1. The number of amides is 3. The van der Waals surface area contributed by atoms with Gasteiger partial charge in [0.15, 0.2) is 5.78 Å². The molecule has 3 amide bonds. The van der Waals surface area contributed by atoms with Crippen molar-refractivity contribution in [1.29, 1.82) is 0 Å². The Hall–Kier alpha value is -5.64. The highest BCUT2D eigenvalue weighted by Gasteiger charge is 2.45. The molecule has 4 aromatic rings. The number of methoxy groups -OCH3 is 2. The lowest BCUT2D eigenvalue weighted by Crippen LogP contribution is -2.51. The van der Waals surface area contributed by atoms with E-state index >= 15 is 8.78 Å². The number of hydrogen-bond acceptors (Lipinski definition) is 9. The van der Waals surface area contributed by atoms with Crippen molar-refractivity contribution in [1.82, 2.24) is 40.8 Å². The van der Waals surface area contributed by atoms with Gasteiger partial charge in [-0.1, -0.05) is 26.0 Å². The van der Waals surface area contributed by atoms with Crippen LogP contribution in [0.5, 0.6) is 0 Å². The third-order valence-electron chi connectivity index (χ3n) is 11.0. The number of carbonyl (C=O) groups excluding carboxylic acids is 4. The first-order chi connectivity index (χ1) is 27.0. The molecule has 3 aliphatic rings. The van der Waals surface area contributed by atoms with Crippen LogP contribution in [0.2, 0.25) is 0 Å². The van der Waals surface area contributed by atoms with Gasteiger partial charge in [0.2, 0.25) is 5.91 Å². The van der Waals surface area contributed by atoms with Crippen molar-refractivity contribution >= 4 is 23.9 Å². The van der Waals surface area contributed by atoms with E-state index in [-0.39, 0.29) is 40.7 Å². The van der Waals surface area contributed by atoms with Crippen LogP contribution in [0.3, 0.4) is 0 Å². The van der Waals surface area contributed by atoms with E-state index in [1.807, 2.05) is 13.8 Å². The van der Waals surface area contributed by atoms with Gasteiger partial charge in [-0.05, 0) is 85.9 Å². The molecule has 16 heteroatoms. The van der Waals surface area contributed by atoms with Crippen LogP contribution in [-0.2, 0) is 19.1 Å². The average molecular weight is 773 g/mol. The number of ketones is 1. The van der Waals surface area contributed by atoms with Crippen molar-refractivity contribution < 1.29 is 37.4 Å². The molecule has 4 heterocycles. The van der Waals surface area contributed by atoms with Gasteiger partial charge in [0.05, 0.1) is 56.1 Å². The average Bonchev–Trinajstić information content (AvgIpc) is 3.65. The van der Waals surface area contributed by atoms with Crippen LogP contribution < -0.4 is 16.0 Å². The van der Waals surface area contributed by atoms with E-state index in [0.29, 0.717) is 60.1 Å². The lowest BCUT2D eigenvalue weighted by Gasteiger charge is -2.30. The maximum absolute atomic E-state index is 15.7. The zero-order valence-corrected chi connectivity index (χ0v) is 31.7. The van der Waals surface area contributed by atoms with Crippen molar-refractivity contribution in [3.8, 4) is 33.6 Å². The number of aromatic nitrogens is 4. The van der Waals surface area contributed by atoms with E-state index in [4.69, 9.17) is 9.47 Å². The zero-order valence-electron chi connectivity index (χ0n) is 31.7. The molecule has 0 spiro atoms. The van der Waals surface area contributed by atoms with Crippen LogP contribution in [0.1, 0.15) is 69.7 Å². The number of benzene rings is 2. The summed E-state index contributed by atoms with van der Waals surface area (Å²) in [6.07, 6.45) is 5.41. The van der Waals surface area contributed by atoms with Gasteiger partial charge >= 0.3 is 12.2 Å². The summed E-state index contributed by atoms with van der Waals surface area (Å²) in [4.78, 5) is 68.0. The minimum Gasteiger partial charge on any atom is -0.453 e. The summed E-state index contributed by atoms with van der Waals surface area (Å²) in [5.74, 6) is -0.926. The number of nitrogens with zero attached hydrogens (tertiary/aromatic N) is 3. The number of Topliss-reactive ketones (excluding diaryl/α,β-unsaturated/α-hetero) is 1. The normalized spacial score (nSPS) is 20.5. The van der Waals surface area contributed by atoms with Crippen LogP contribution in [0.25, 0.3) is 33.6 Å². The molecule has 5 atom stereocenters. The third-order valence-corrected chi connectivity index (χ3v) is 11.0. The minimum absolute atomic E-state index is 0.0776. The van der Waals surface area contributed by atoms with Gasteiger partial charge in [0.25, 0.3) is 0 Å². The fourth-order valence-electron chi connectivity index (χ4n) is 7.86. The van der Waals surface area contributed by atoms with E-state index in [2.05, 4.69) is 35.9 Å². The zero-order chi connectivity index (χ0) is 39.7. The second-order valence-electron chi connectivity index (χ2n) is 15.0. The van der Waals surface area contributed by atoms with Gasteiger partial charge in [-0.15, -0.1) is 0 Å². The van der Waals surface area contributed by atoms with Gasteiger partial charge in [0, 0.05) is 23.6 Å². The molecule has 2 aromatic carbocycles. The molecule has 5 N–H and O–H groups in total. The highest BCUT2D eigenvalue weighted by molar-refractivity contribution is 5.91. The summed E-state index contributed by atoms with van der Waals surface area (Å²) < 4.78 is 40.9. The smallest absolute Gasteiger partial charge is 0.407 e. The Morgan fingerprint density at radius 2 is 1.41 bits per heavy atom. The predicted molar refractivity (Wildman–Crippen MR) is 201 cm³/mol. The third kappa shape index (κ3) is 7.88. The molecule has 14 nitrogen and oxygen atoms in total. The number of carbonyl (C=O) groups is 4. The first-order valence-electron chi connectivity index (χ1n) is 18.9. The van der Waals surface area contributed by atoms with Gasteiger partial charge in [-0.25, -0.2) is 28.3 Å². The lowest BCUT2D eigenvalue weighted by molar-refractivity contribution is -0.135. The standard InChI is InChI=1S/C40H46F2N8O6/c1-20(2)32(48-39(53)55-3)38(52)50-15-5-6-31(50)36-44-18-29(46-36)24-11-9-22(16-27(24)41)23-10-12-25(28(42)17-23)30-19-45-37(47-30)34-26(13-14-43-34)35(51)33(21-7-8-21)49-40(54)56-4/h9-12,16-21,26,31-34,43H,5-8,13-15H2,1-4H3,(H,44,46)(H,45,47)(H,48,53)(H,49,54)/t26?,31-,32-,33-,34+/m0/s1. The number of ether oxygens (including phenoxy) is 2. The Morgan fingerprint density at radius 1 is 0.821 bits per heavy atom. The summed E-state index contributed by atoms with van der Waals surface area (Å²) in [5.41, 5.74) is 2.31. The van der Waals surface area contributed by atoms with Crippen LogP contribution in [0.15, 0.2) is 48.8 Å². The summed E-state index contributed by atoms with van der Waals surface area (Å²) >= 11 is 0. The SMILES string of the molecule is COC(=O)N[C@H](C(=O)N1CCC[C@H]1c1ncc(-c2ccc(-c3ccc(-c4cnc([C@@H]5NCCC5C(=O)[C@@H](NC(=O)OC)C5CC5)[nH]4)c(F)c3)cc2F)[nH]1)C(C)C. The first kappa shape index (κ1) is 38.6. The van der Waals surface area contributed by atoms with Crippen molar-refractivity contribution in [3.63, 3.8) is 0 Å². The predicted octanol–water partition coefficient (Wildman–Crippen LogP) is 5.81. The van der Waals surface area contributed by atoms with Gasteiger partial charge < -0.3 is 40.3 Å². The lowest BCUT2D eigenvalue weighted by atomic mass is 9.89. The molecular formula is C40H46F2N8O6. The molecule has 2 aliphatic heterocycles. The van der Waals surface area contributed by atoms with Gasteiger partial charge in [0.1, 0.15) is 29.3 Å². The van der Waals surface area contributed by atoms with Crippen molar-refractivity contribution in [2.24, 2.45) is 17.8 Å². The molecule has 296 valence electrons. The Kier molecular flexibility index (Phi) is 11.2. The van der Waals surface area contributed by atoms with Crippen LogP contribution in [0.4, 0.5) is 18.4 Å². The van der Waals surface area contributed by atoms with Crippen molar-refractivity contribution in [2.75, 3.05) is 27.3 Å². The highest BCUT2D eigenvalue weighted by atomic mass is 19.1. The van der Waals surface area contributed by atoms with E-state index < -0.39 is 47.9 Å². The molecule has 1 saturated carbocycles. The van der Waals surface area contributed by atoms with Gasteiger partial charge in [-0.2, -0.15) is 0 Å². The molecule has 0 radical (unpaired) electrons. The van der Waals surface area contributed by atoms with E-state index in [9.17, 15) is 19.2 Å². The molecule has 7 rings (SSSR count). The number of nitrogens with one attached hydrogen (secondary N) is 5. The fourth-order valence-corrected chi connectivity index (χ4v) is 7.86. The van der Waals surface area contributed by atoms with Crippen LogP contribution in [0, 0.1) is 29.4 Å². The molecule has 1 unspecified atom stereocenters. The Balaban J connectivity index is 1.04. The fraction of sp³-hybridized carbons (Fsp3) is 0.450. The molecule has 2 aromatic heterocycles. The number of halogens is 2. The highest BCUT2D eigenvalue weighted by Crippen LogP contribution is 2.39. The first-order valence-corrected chi connectivity index (χ1v) is 18.9. The molecule has 56 heavy (non-hydrogen) atoms. The maximum Gasteiger partial charge on any atom is 0.407 e. The second kappa shape index (κ2) is 16.2.